The predicted molar refractivity (Wildman–Crippen MR) is 96.7 cm³/mol. The van der Waals surface area contributed by atoms with Gasteiger partial charge in [-0.05, 0) is 48.0 Å². The zero-order valence-electron chi connectivity index (χ0n) is 12.9. The smallest absolute Gasteiger partial charge is 0.115 e. The van der Waals surface area contributed by atoms with Crippen molar-refractivity contribution in [3.63, 3.8) is 0 Å². The number of phenolic OH excluding ortho intramolecular Hbond substituents is 1. The molecule has 1 unspecified atom stereocenters. The fraction of sp³-hybridized carbons (Fsp3) is 0.105. The van der Waals surface area contributed by atoms with E-state index in [4.69, 9.17) is 16.7 Å². The minimum Gasteiger partial charge on any atom is -0.508 e. The summed E-state index contributed by atoms with van der Waals surface area (Å²) in [6.07, 6.45) is 2.67. The lowest BCUT2D eigenvalue weighted by atomic mass is 10.00. The first-order valence-electron chi connectivity index (χ1n) is 7.76. The van der Waals surface area contributed by atoms with Crippen LogP contribution in [0.25, 0.3) is 0 Å². The average Bonchev–Trinajstić information content (AvgIpc) is 3.25. The Morgan fingerprint density at radius 1 is 1.08 bits per heavy atom. The van der Waals surface area contributed by atoms with Crippen molar-refractivity contribution < 1.29 is 5.11 Å². The van der Waals surface area contributed by atoms with E-state index in [1.807, 2.05) is 59.7 Å². The van der Waals surface area contributed by atoms with Gasteiger partial charge >= 0.3 is 0 Å². The Hall–Kier alpha value is -2.72. The van der Waals surface area contributed by atoms with Gasteiger partial charge in [0.2, 0.25) is 0 Å². The van der Waals surface area contributed by atoms with Gasteiger partial charge in [0.05, 0.1) is 23.1 Å². The van der Waals surface area contributed by atoms with Crippen LogP contribution in [0.2, 0.25) is 5.02 Å². The Balaban J connectivity index is 1.76. The summed E-state index contributed by atoms with van der Waals surface area (Å²) in [6.45, 7) is 0. The van der Waals surface area contributed by atoms with Gasteiger partial charge in [0.15, 0.2) is 0 Å². The molecule has 0 saturated carbocycles. The number of aromatic hydroxyl groups is 1. The molecule has 1 aliphatic rings. The lowest BCUT2D eigenvalue weighted by Gasteiger charge is -2.24. The van der Waals surface area contributed by atoms with Crippen molar-refractivity contribution in [3.05, 3.63) is 83.1 Å². The summed E-state index contributed by atoms with van der Waals surface area (Å²) < 4.78 is 0. The van der Waals surface area contributed by atoms with Gasteiger partial charge in [-0.2, -0.15) is 5.10 Å². The zero-order valence-corrected chi connectivity index (χ0v) is 13.6. The third-order valence-electron chi connectivity index (χ3n) is 4.17. The Bertz CT molecular complexity index is 872. The molecule has 120 valence electrons. The van der Waals surface area contributed by atoms with Crippen LogP contribution < -0.4 is 5.01 Å². The predicted octanol–water partition coefficient (Wildman–Crippen LogP) is 4.73. The summed E-state index contributed by atoms with van der Waals surface area (Å²) in [5, 5.41) is 17.1. The first-order chi connectivity index (χ1) is 11.7. The van der Waals surface area contributed by atoms with Crippen LogP contribution in [0.1, 0.15) is 23.7 Å². The molecule has 1 atom stereocenters. The van der Waals surface area contributed by atoms with Gasteiger partial charge in [-0.1, -0.05) is 29.8 Å². The minimum absolute atomic E-state index is 0.0577. The monoisotopic (exact) mass is 337 g/mol. The molecule has 24 heavy (non-hydrogen) atoms. The van der Waals surface area contributed by atoms with Gasteiger partial charge in [-0.3, -0.25) is 5.01 Å². The van der Waals surface area contributed by atoms with E-state index in [0.717, 1.165) is 29.1 Å². The third-order valence-corrected chi connectivity index (χ3v) is 4.40. The second-order valence-electron chi connectivity index (χ2n) is 5.77. The van der Waals surface area contributed by atoms with Crippen LogP contribution in [-0.4, -0.2) is 15.8 Å². The number of rotatable bonds is 3. The van der Waals surface area contributed by atoms with Crippen LogP contribution in [0.15, 0.2) is 72.0 Å². The highest BCUT2D eigenvalue weighted by Crippen LogP contribution is 2.37. The van der Waals surface area contributed by atoms with Crippen molar-refractivity contribution in [1.29, 1.82) is 0 Å². The van der Waals surface area contributed by atoms with Crippen molar-refractivity contribution >= 4 is 23.0 Å². The molecule has 0 amide bonds. The van der Waals surface area contributed by atoms with Crippen LogP contribution in [0.5, 0.6) is 5.75 Å². The summed E-state index contributed by atoms with van der Waals surface area (Å²) in [4.78, 5) is 3.22. The Labute approximate surface area is 145 Å². The maximum Gasteiger partial charge on any atom is 0.115 e. The van der Waals surface area contributed by atoms with Crippen LogP contribution >= 0.6 is 11.6 Å². The lowest BCUT2D eigenvalue weighted by molar-refractivity contribution is 0.475. The number of anilines is 1. The number of hydrogen-bond donors (Lipinski definition) is 2. The van der Waals surface area contributed by atoms with Crippen molar-refractivity contribution in [1.82, 2.24) is 4.98 Å². The number of benzene rings is 2. The second-order valence-corrected chi connectivity index (χ2v) is 6.20. The van der Waals surface area contributed by atoms with Crippen molar-refractivity contribution in [2.24, 2.45) is 5.10 Å². The quantitative estimate of drug-likeness (QED) is 0.726. The molecule has 4 rings (SSSR count). The number of aromatic nitrogens is 1. The number of nitrogens with one attached hydrogen (secondary N) is 1. The molecule has 0 radical (unpaired) electrons. The second kappa shape index (κ2) is 6.06. The number of H-pyrrole nitrogens is 1. The normalized spacial score (nSPS) is 17.1. The van der Waals surface area contributed by atoms with E-state index in [2.05, 4.69) is 4.98 Å². The Morgan fingerprint density at radius 2 is 1.92 bits per heavy atom. The first kappa shape index (κ1) is 14.8. The van der Waals surface area contributed by atoms with E-state index in [9.17, 15) is 5.11 Å². The highest BCUT2D eigenvalue weighted by atomic mass is 35.5. The van der Waals surface area contributed by atoms with Gasteiger partial charge in [-0.25, -0.2) is 0 Å². The number of phenols is 1. The molecule has 1 aromatic heterocycles. The molecule has 2 N–H and O–H groups in total. The molecular weight excluding hydrogens is 322 g/mol. The Morgan fingerprint density at radius 3 is 2.62 bits per heavy atom. The van der Waals surface area contributed by atoms with Gasteiger partial charge in [0.25, 0.3) is 0 Å². The molecule has 0 bridgehead atoms. The summed E-state index contributed by atoms with van der Waals surface area (Å²) in [5.74, 6) is 0.261. The Kier molecular flexibility index (Phi) is 3.75. The molecule has 2 heterocycles. The molecule has 4 nitrogen and oxygen atoms in total. The summed E-state index contributed by atoms with van der Waals surface area (Å²) in [6, 6.07) is 19.0. The molecular formula is C19H16ClN3O. The lowest BCUT2D eigenvalue weighted by Crippen LogP contribution is -2.18. The highest BCUT2D eigenvalue weighted by molar-refractivity contribution is 6.30. The van der Waals surface area contributed by atoms with Crippen molar-refractivity contribution in [2.75, 3.05) is 5.01 Å². The fourth-order valence-electron chi connectivity index (χ4n) is 3.00. The average molecular weight is 338 g/mol. The van der Waals surface area contributed by atoms with E-state index >= 15 is 0 Å². The van der Waals surface area contributed by atoms with Crippen LogP contribution in [-0.2, 0) is 0 Å². The van der Waals surface area contributed by atoms with E-state index < -0.39 is 0 Å². The SMILES string of the molecule is Oc1ccc(C2CC(c3ccc[nH]3)=NN2c2cccc(Cl)c2)cc1. The molecule has 0 spiro atoms. The largest absolute Gasteiger partial charge is 0.508 e. The minimum atomic E-state index is 0.0577. The first-order valence-corrected chi connectivity index (χ1v) is 8.13. The van der Waals surface area contributed by atoms with E-state index in [1.54, 1.807) is 12.1 Å². The van der Waals surface area contributed by atoms with Crippen LogP contribution in [0.3, 0.4) is 0 Å². The third kappa shape index (κ3) is 2.76. The zero-order chi connectivity index (χ0) is 16.5. The van der Waals surface area contributed by atoms with Crippen LogP contribution in [0.4, 0.5) is 5.69 Å². The van der Waals surface area contributed by atoms with E-state index in [1.165, 1.54) is 0 Å². The molecule has 2 aromatic carbocycles. The fourth-order valence-corrected chi connectivity index (χ4v) is 3.18. The number of aromatic amines is 1. The topological polar surface area (TPSA) is 51.6 Å². The van der Waals surface area contributed by atoms with Gasteiger partial charge in [0, 0.05) is 17.6 Å². The van der Waals surface area contributed by atoms with Crippen molar-refractivity contribution in [3.8, 4) is 5.75 Å². The molecule has 3 aromatic rings. The summed E-state index contributed by atoms with van der Waals surface area (Å²) in [7, 11) is 0. The molecule has 1 aliphatic heterocycles. The number of nitrogens with zero attached hydrogens (tertiary/aromatic N) is 2. The molecule has 0 aliphatic carbocycles. The van der Waals surface area contributed by atoms with Gasteiger partial charge in [-0.15, -0.1) is 0 Å². The molecule has 5 heteroatoms. The van der Waals surface area contributed by atoms with Gasteiger partial charge < -0.3 is 10.1 Å². The molecule has 0 saturated heterocycles. The van der Waals surface area contributed by atoms with Gasteiger partial charge in [0.1, 0.15) is 5.75 Å². The maximum absolute atomic E-state index is 9.56. The number of hydrogen-bond acceptors (Lipinski definition) is 3. The molecule has 0 fully saturated rings. The van der Waals surface area contributed by atoms with Crippen LogP contribution in [0, 0.1) is 0 Å². The highest BCUT2D eigenvalue weighted by Gasteiger charge is 2.30. The van der Waals surface area contributed by atoms with Crippen molar-refractivity contribution in [2.45, 2.75) is 12.5 Å². The number of hydrazone groups is 1. The van der Waals surface area contributed by atoms with E-state index in [0.29, 0.717) is 5.02 Å². The standard InChI is InChI=1S/C19H16ClN3O/c20-14-3-1-4-15(11-14)23-19(13-6-8-16(24)9-7-13)12-18(22-23)17-5-2-10-21-17/h1-11,19,21,24H,12H2. The summed E-state index contributed by atoms with van der Waals surface area (Å²) >= 11 is 6.16. The number of halogens is 1. The van der Waals surface area contributed by atoms with E-state index in [-0.39, 0.29) is 11.8 Å². The maximum atomic E-state index is 9.56. The summed E-state index contributed by atoms with van der Waals surface area (Å²) in [5.41, 5.74) is 4.06.